The zero-order valence-electron chi connectivity index (χ0n) is 10.6. The first-order chi connectivity index (χ1) is 7.98. The van der Waals surface area contributed by atoms with Gasteiger partial charge in [-0.05, 0) is 57.6 Å². The Bertz CT molecular complexity index is 518. The second-order valence-electron chi connectivity index (χ2n) is 6.01. The van der Waals surface area contributed by atoms with E-state index in [4.69, 9.17) is 5.73 Å². The fourth-order valence-electron chi connectivity index (χ4n) is 2.85. The van der Waals surface area contributed by atoms with Gasteiger partial charge in [0.1, 0.15) is 0 Å². The fraction of sp³-hybridized carbons (Fsp3) is 0.643. The molecule has 0 aliphatic heterocycles. The summed E-state index contributed by atoms with van der Waals surface area (Å²) in [5, 5.41) is 0. The highest BCUT2D eigenvalue weighted by atomic mass is 16.1. The maximum Gasteiger partial charge on any atom is 0.256 e. The summed E-state index contributed by atoms with van der Waals surface area (Å²) in [7, 11) is 0. The number of rotatable bonds is 2. The van der Waals surface area contributed by atoms with Crippen LogP contribution in [0.25, 0.3) is 0 Å². The number of hydrogen-bond acceptors (Lipinski definition) is 2. The number of aromatic nitrogens is 1. The van der Waals surface area contributed by atoms with E-state index in [0.717, 1.165) is 31.2 Å². The summed E-state index contributed by atoms with van der Waals surface area (Å²) >= 11 is 0. The quantitative estimate of drug-likeness (QED) is 0.846. The standard InChI is InChI=1S/C14H20N2O/c1-14(2,15)11-8-9-4-3-5-12(9)16(13(11)17)10-6-7-10/h8,10H,3-7,15H2,1-2H3. The van der Waals surface area contributed by atoms with Gasteiger partial charge in [-0.25, -0.2) is 0 Å². The summed E-state index contributed by atoms with van der Waals surface area (Å²) in [4.78, 5) is 12.5. The molecular formula is C14H20N2O. The number of fused-ring (bicyclic) bond motifs is 1. The van der Waals surface area contributed by atoms with Crippen molar-refractivity contribution in [1.29, 1.82) is 0 Å². The van der Waals surface area contributed by atoms with E-state index >= 15 is 0 Å². The van der Waals surface area contributed by atoms with E-state index < -0.39 is 5.54 Å². The Hall–Kier alpha value is -1.09. The monoisotopic (exact) mass is 232 g/mol. The molecule has 1 heterocycles. The fourth-order valence-corrected chi connectivity index (χ4v) is 2.85. The molecule has 1 aromatic rings. The Balaban J connectivity index is 2.26. The minimum Gasteiger partial charge on any atom is -0.322 e. The smallest absolute Gasteiger partial charge is 0.256 e. The van der Waals surface area contributed by atoms with E-state index in [1.165, 1.54) is 17.7 Å². The molecule has 2 aliphatic rings. The first-order valence-electron chi connectivity index (χ1n) is 6.55. The molecule has 0 spiro atoms. The Morgan fingerprint density at radius 3 is 2.65 bits per heavy atom. The molecule has 92 valence electrons. The zero-order valence-corrected chi connectivity index (χ0v) is 10.6. The molecule has 1 aromatic heterocycles. The van der Waals surface area contributed by atoms with Crippen LogP contribution in [0.5, 0.6) is 0 Å². The maximum absolute atomic E-state index is 12.5. The lowest BCUT2D eigenvalue weighted by molar-refractivity contribution is 0.529. The Kier molecular flexibility index (Phi) is 2.24. The molecule has 17 heavy (non-hydrogen) atoms. The van der Waals surface area contributed by atoms with Gasteiger partial charge in [0.25, 0.3) is 5.56 Å². The van der Waals surface area contributed by atoms with E-state index in [1.54, 1.807) is 0 Å². The normalized spacial score (nSPS) is 19.5. The van der Waals surface area contributed by atoms with Gasteiger partial charge in [-0.3, -0.25) is 4.79 Å². The number of hydrogen-bond donors (Lipinski definition) is 1. The van der Waals surface area contributed by atoms with Crippen molar-refractivity contribution in [3.8, 4) is 0 Å². The van der Waals surface area contributed by atoms with Crippen LogP contribution in [-0.4, -0.2) is 4.57 Å². The highest BCUT2D eigenvalue weighted by molar-refractivity contribution is 5.34. The van der Waals surface area contributed by atoms with Crippen molar-refractivity contribution in [2.75, 3.05) is 0 Å². The van der Waals surface area contributed by atoms with Crippen molar-refractivity contribution < 1.29 is 0 Å². The minimum atomic E-state index is -0.536. The molecule has 2 N–H and O–H groups in total. The highest BCUT2D eigenvalue weighted by Gasteiger charge is 2.32. The average molecular weight is 232 g/mol. The van der Waals surface area contributed by atoms with Crippen LogP contribution in [0.15, 0.2) is 10.9 Å². The van der Waals surface area contributed by atoms with E-state index in [0.29, 0.717) is 6.04 Å². The molecule has 3 nitrogen and oxygen atoms in total. The van der Waals surface area contributed by atoms with Crippen LogP contribution in [0.3, 0.4) is 0 Å². The van der Waals surface area contributed by atoms with Gasteiger partial charge in [-0.1, -0.05) is 0 Å². The van der Waals surface area contributed by atoms with Crippen LogP contribution in [0.2, 0.25) is 0 Å². The SMILES string of the molecule is CC(C)(N)c1cc2c(n(C3CC3)c1=O)CCC2. The predicted molar refractivity (Wildman–Crippen MR) is 68.2 cm³/mol. The molecule has 2 aliphatic carbocycles. The van der Waals surface area contributed by atoms with Gasteiger partial charge in [0.15, 0.2) is 0 Å². The van der Waals surface area contributed by atoms with Crippen LogP contribution in [0.4, 0.5) is 0 Å². The zero-order chi connectivity index (χ0) is 12.2. The molecule has 1 fully saturated rings. The maximum atomic E-state index is 12.5. The molecule has 3 rings (SSSR count). The topological polar surface area (TPSA) is 48.0 Å². The molecule has 3 heteroatoms. The van der Waals surface area contributed by atoms with Crippen molar-refractivity contribution in [2.24, 2.45) is 5.73 Å². The van der Waals surface area contributed by atoms with Crippen molar-refractivity contribution in [2.45, 2.75) is 57.5 Å². The summed E-state index contributed by atoms with van der Waals surface area (Å²) in [6.07, 6.45) is 5.65. The van der Waals surface area contributed by atoms with E-state index in [2.05, 4.69) is 6.07 Å². The minimum absolute atomic E-state index is 0.153. The first kappa shape index (κ1) is 11.0. The number of pyridine rings is 1. The lowest BCUT2D eigenvalue weighted by atomic mass is 9.95. The number of aryl methyl sites for hydroxylation is 1. The Morgan fingerprint density at radius 1 is 1.35 bits per heavy atom. The van der Waals surface area contributed by atoms with Gasteiger partial charge < -0.3 is 10.3 Å². The van der Waals surface area contributed by atoms with Gasteiger partial charge in [0.05, 0.1) is 0 Å². The second kappa shape index (κ2) is 3.45. The lowest BCUT2D eigenvalue weighted by Gasteiger charge is -2.22. The third-order valence-electron chi connectivity index (χ3n) is 3.90. The number of nitrogens with two attached hydrogens (primary N) is 1. The van der Waals surface area contributed by atoms with Crippen molar-refractivity contribution in [3.63, 3.8) is 0 Å². The molecule has 0 unspecified atom stereocenters. The third-order valence-corrected chi connectivity index (χ3v) is 3.90. The summed E-state index contributed by atoms with van der Waals surface area (Å²) in [5.41, 5.74) is 9.16. The molecule has 0 bridgehead atoms. The molecule has 1 saturated carbocycles. The highest BCUT2D eigenvalue weighted by Crippen LogP contribution is 2.37. The largest absolute Gasteiger partial charge is 0.322 e. The molecule has 0 saturated heterocycles. The lowest BCUT2D eigenvalue weighted by Crippen LogP contribution is -2.39. The van der Waals surface area contributed by atoms with Gasteiger partial charge in [0.2, 0.25) is 0 Å². The Labute approximate surface area is 102 Å². The van der Waals surface area contributed by atoms with Crippen molar-refractivity contribution >= 4 is 0 Å². The third kappa shape index (κ3) is 1.73. The molecule has 0 radical (unpaired) electrons. The summed E-state index contributed by atoms with van der Waals surface area (Å²) in [6.45, 7) is 3.84. The second-order valence-corrected chi connectivity index (χ2v) is 6.01. The van der Waals surface area contributed by atoms with Crippen LogP contribution >= 0.6 is 0 Å². The molecular weight excluding hydrogens is 212 g/mol. The Morgan fingerprint density at radius 2 is 2.06 bits per heavy atom. The predicted octanol–water partition coefficient (Wildman–Crippen LogP) is 1.87. The van der Waals surface area contributed by atoms with E-state index in [9.17, 15) is 4.79 Å². The van der Waals surface area contributed by atoms with Crippen LogP contribution < -0.4 is 11.3 Å². The van der Waals surface area contributed by atoms with Gasteiger partial charge in [-0.2, -0.15) is 0 Å². The van der Waals surface area contributed by atoms with E-state index in [-0.39, 0.29) is 5.56 Å². The number of nitrogens with zero attached hydrogens (tertiary/aromatic N) is 1. The molecule has 0 atom stereocenters. The van der Waals surface area contributed by atoms with Crippen molar-refractivity contribution in [3.05, 3.63) is 33.2 Å². The molecule has 0 amide bonds. The van der Waals surface area contributed by atoms with Crippen LogP contribution in [-0.2, 0) is 18.4 Å². The summed E-state index contributed by atoms with van der Waals surface area (Å²) in [5.74, 6) is 0. The van der Waals surface area contributed by atoms with Crippen molar-refractivity contribution in [1.82, 2.24) is 4.57 Å². The van der Waals surface area contributed by atoms with E-state index in [1.807, 2.05) is 18.4 Å². The van der Waals surface area contributed by atoms with Gasteiger partial charge in [0, 0.05) is 22.8 Å². The van der Waals surface area contributed by atoms with Crippen LogP contribution in [0, 0.1) is 0 Å². The van der Waals surface area contributed by atoms with Gasteiger partial charge in [-0.15, -0.1) is 0 Å². The average Bonchev–Trinajstić information content (AvgIpc) is 2.93. The first-order valence-corrected chi connectivity index (χ1v) is 6.55. The van der Waals surface area contributed by atoms with Crippen LogP contribution in [0.1, 0.15) is 56.0 Å². The molecule has 0 aromatic carbocycles. The summed E-state index contributed by atoms with van der Waals surface area (Å²) < 4.78 is 2.05. The summed E-state index contributed by atoms with van der Waals surface area (Å²) in [6, 6.07) is 2.51. The van der Waals surface area contributed by atoms with Gasteiger partial charge >= 0.3 is 0 Å².